The molecular formula is C22H26O7. The summed E-state index contributed by atoms with van der Waals surface area (Å²) in [4.78, 5) is 12.4. The van der Waals surface area contributed by atoms with Gasteiger partial charge < -0.3 is 28.8 Å². The highest BCUT2D eigenvalue weighted by Crippen LogP contribution is 2.33. The van der Waals surface area contributed by atoms with Crippen LogP contribution in [0.25, 0.3) is 0 Å². The van der Waals surface area contributed by atoms with E-state index in [-0.39, 0.29) is 19.0 Å². The molecule has 1 unspecified atom stereocenters. The Hall–Kier alpha value is -2.61. The summed E-state index contributed by atoms with van der Waals surface area (Å²) >= 11 is 0. The molecule has 0 aromatic heterocycles. The van der Waals surface area contributed by atoms with Crippen molar-refractivity contribution in [3.8, 4) is 17.2 Å². The molecule has 1 heterocycles. The minimum Gasteiger partial charge on any atom is -0.486 e. The molecule has 7 heteroatoms. The molecule has 156 valence electrons. The normalized spacial score (nSPS) is 13.7. The molecule has 29 heavy (non-hydrogen) atoms. The average Bonchev–Trinajstić information content (AvgIpc) is 2.77. The smallest absolute Gasteiger partial charge is 0.189 e. The summed E-state index contributed by atoms with van der Waals surface area (Å²) in [5.74, 6) is 1.88. The lowest BCUT2D eigenvalue weighted by atomic mass is 10.00. The van der Waals surface area contributed by atoms with Crippen molar-refractivity contribution in [2.24, 2.45) is 0 Å². The number of rotatable bonds is 11. The summed E-state index contributed by atoms with van der Waals surface area (Å²) in [5.41, 5.74) is 1.28. The van der Waals surface area contributed by atoms with Crippen LogP contribution >= 0.6 is 0 Å². The molecule has 0 saturated heterocycles. The third-order valence-corrected chi connectivity index (χ3v) is 4.51. The highest BCUT2D eigenvalue weighted by atomic mass is 16.7. The number of benzene rings is 2. The zero-order valence-electron chi connectivity index (χ0n) is 16.5. The predicted octanol–water partition coefficient (Wildman–Crippen LogP) is 3.15. The summed E-state index contributed by atoms with van der Waals surface area (Å²) in [6.07, 6.45) is -0.193. The van der Waals surface area contributed by atoms with Crippen molar-refractivity contribution in [3.63, 3.8) is 0 Å². The first kappa shape index (κ1) is 21.1. The molecule has 0 aliphatic carbocycles. The van der Waals surface area contributed by atoms with Crippen LogP contribution < -0.4 is 14.2 Å². The monoisotopic (exact) mass is 402 g/mol. The van der Waals surface area contributed by atoms with Crippen molar-refractivity contribution in [2.75, 3.05) is 40.3 Å². The van der Waals surface area contributed by atoms with Gasteiger partial charge in [0, 0.05) is 19.1 Å². The highest BCUT2D eigenvalue weighted by Gasteiger charge is 2.17. The molecule has 2 aromatic rings. The van der Waals surface area contributed by atoms with E-state index in [9.17, 15) is 9.90 Å². The van der Waals surface area contributed by atoms with Crippen molar-refractivity contribution in [3.05, 3.63) is 53.6 Å². The second kappa shape index (κ2) is 10.8. The highest BCUT2D eigenvalue weighted by molar-refractivity contribution is 5.96. The minimum absolute atomic E-state index is 0.0375. The number of methoxy groups -OCH3 is 1. The van der Waals surface area contributed by atoms with Crippen molar-refractivity contribution in [1.82, 2.24) is 0 Å². The lowest BCUT2D eigenvalue weighted by molar-refractivity contribution is -0.00847. The Bertz CT molecular complexity index is 788. The summed E-state index contributed by atoms with van der Waals surface area (Å²) in [7, 11) is 1.61. The van der Waals surface area contributed by atoms with Gasteiger partial charge >= 0.3 is 0 Å². The third-order valence-electron chi connectivity index (χ3n) is 4.51. The predicted molar refractivity (Wildman–Crippen MR) is 106 cm³/mol. The second-order valence-electron chi connectivity index (χ2n) is 6.57. The molecule has 2 aromatic carbocycles. The molecule has 0 bridgehead atoms. The van der Waals surface area contributed by atoms with Gasteiger partial charge in [0.15, 0.2) is 24.1 Å². The fourth-order valence-corrected chi connectivity index (χ4v) is 2.89. The van der Waals surface area contributed by atoms with Gasteiger partial charge in [0.05, 0.1) is 19.3 Å². The quantitative estimate of drug-likeness (QED) is 0.351. The fourth-order valence-electron chi connectivity index (χ4n) is 2.89. The molecular weight excluding hydrogens is 376 g/mol. The van der Waals surface area contributed by atoms with Gasteiger partial charge in [-0.2, -0.15) is 0 Å². The third kappa shape index (κ3) is 6.19. The molecule has 1 aliphatic rings. The first-order valence-corrected chi connectivity index (χ1v) is 9.57. The Labute approximate surface area is 170 Å². The van der Waals surface area contributed by atoms with Gasteiger partial charge in [0.2, 0.25) is 0 Å². The number of aliphatic hydroxyl groups is 1. The van der Waals surface area contributed by atoms with Crippen LogP contribution in [0.5, 0.6) is 17.2 Å². The lowest BCUT2D eigenvalue weighted by Crippen LogP contribution is -2.15. The van der Waals surface area contributed by atoms with Gasteiger partial charge in [0.1, 0.15) is 19.0 Å². The Balaban J connectivity index is 1.46. The van der Waals surface area contributed by atoms with E-state index in [4.69, 9.17) is 23.7 Å². The Morgan fingerprint density at radius 1 is 1.07 bits per heavy atom. The van der Waals surface area contributed by atoms with E-state index in [1.165, 1.54) is 0 Å². The van der Waals surface area contributed by atoms with Gasteiger partial charge in [-0.15, -0.1) is 0 Å². The number of carbonyl (C=O) groups is 1. The Morgan fingerprint density at radius 2 is 1.83 bits per heavy atom. The molecule has 3 rings (SSSR count). The van der Waals surface area contributed by atoms with E-state index in [1.54, 1.807) is 49.6 Å². The summed E-state index contributed by atoms with van der Waals surface area (Å²) < 4.78 is 26.6. The van der Waals surface area contributed by atoms with Crippen molar-refractivity contribution in [2.45, 2.75) is 18.9 Å². The molecule has 0 amide bonds. The van der Waals surface area contributed by atoms with Crippen molar-refractivity contribution < 1.29 is 33.6 Å². The van der Waals surface area contributed by atoms with Gasteiger partial charge in [-0.1, -0.05) is 6.07 Å². The van der Waals surface area contributed by atoms with Gasteiger partial charge in [0.25, 0.3) is 0 Å². The second-order valence-corrected chi connectivity index (χ2v) is 6.57. The van der Waals surface area contributed by atoms with Gasteiger partial charge in [-0.05, 0) is 48.4 Å². The van der Waals surface area contributed by atoms with E-state index >= 15 is 0 Å². The van der Waals surface area contributed by atoms with Crippen LogP contribution in [0.3, 0.4) is 0 Å². The topological polar surface area (TPSA) is 83.5 Å². The van der Waals surface area contributed by atoms with Crippen LogP contribution in [0.4, 0.5) is 0 Å². The molecule has 1 N–H and O–H groups in total. The zero-order valence-corrected chi connectivity index (χ0v) is 16.5. The summed E-state index contributed by atoms with van der Waals surface area (Å²) in [6.45, 7) is 2.10. The van der Waals surface area contributed by atoms with Gasteiger partial charge in [-0.3, -0.25) is 4.79 Å². The summed E-state index contributed by atoms with van der Waals surface area (Å²) in [6, 6.07) is 12.2. The number of hydrogen-bond acceptors (Lipinski definition) is 7. The van der Waals surface area contributed by atoms with Gasteiger partial charge in [-0.25, -0.2) is 0 Å². The average molecular weight is 402 g/mol. The number of hydrogen-bond donors (Lipinski definition) is 1. The molecule has 1 atom stereocenters. The standard InChI is InChI=1S/C22H26O7/c1-25-10-11-26-15-29-18-5-2-16(3-6-18)19(23)7-8-20(24)17-4-9-21-22(14-17)28-13-12-27-21/h2-6,9,14,20,24H,7-8,10-13,15H2,1H3. The fraction of sp³-hybridized carbons (Fsp3) is 0.409. The van der Waals surface area contributed by atoms with E-state index in [1.807, 2.05) is 0 Å². The lowest BCUT2D eigenvalue weighted by Gasteiger charge is -2.20. The molecule has 0 fully saturated rings. The Morgan fingerprint density at radius 3 is 2.59 bits per heavy atom. The van der Waals surface area contributed by atoms with Crippen molar-refractivity contribution >= 4 is 5.78 Å². The number of ketones is 1. The maximum atomic E-state index is 12.4. The maximum Gasteiger partial charge on any atom is 0.189 e. The number of fused-ring (bicyclic) bond motifs is 1. The van der Waals surface area contributed by atoms with Crippen LogP contribution in [0.2, 0.25) is 0 Å². The van der Waals surface area contributed by atoms with Crippen LogP contribution in [-0.4, -0.2) is 51.2 Å². The molecule has 0 radical (unpaired) electrons. The number of ether oxygens (including phenoxy) is 5. The van der Waals surface area contributed by atoms with E-state index in [2.05, 4.69) is 0 Å². The molecule has 7 nitrogen and oxygen atoms in total. The van der Waals surface area contributed by atoms with Crippen molar-refractivity contribution in [1.29, 1.82) is 0 Å². The molecule has 1 aliphatic heterocycles. The van der Waals surface area contributed by atoms with E-state index in [0.29, 0.717) is 61.2 Å². The van der Waals surface area contributed by atoms with Crippen LogP contribution in [-0.2, 0) is 9.47 Å². The first-order valence-electron chi connectivity index (χ1n) is 9.57. The first-order chi connectivity index (χ1) is 14.2. The number of Topliss-reactive ketones (excluding diaryl/α,β-unsaturated/α-hetero) is 1. The maximum absolute atomic E-state index is 12.4. The van der Waals surface area contributed by atoms with Crippen LogP contribution in [0.1, 0.15) is 34.9 Å². The molecule has 0 spiro atoms. The van der Waals surface area contributed by atoms with Crippen LogP contribution in [0.15, 0.2) is 42.5 Å². The number of aliphatic hydroxyl groups excluding tert-OH is 1. The summed E-state index contributed by atoms with van der Waals surface area (Å²) in [5, 5.41) is 10.4. The van der Waals surface area contributed by atoms with E-state index < -0.39 is 6.10 Å². The SMILES string of the molecule is COCCOCOc1ccc(C(=O)CCC(O)c2ccc3c(c2)OCCO3)cc1. The van der Waals surface area contributed by atoms with Crippen LogP contribution in [0, 0.1) is 0 Å². The van der Waals surface area contributed by atoms with E-state index in [0.717, 1.165) is 0 Å². The molecule has 0 saturated carbocycles. The number of carbonyl (C=O) groups excluding carboxylic acids is 1. The zero-order chi connectivity index (χ0) is 20.5. The Kier molecular flexibility index (Phi) is 7.86. The minimum atomic E-state index is -0.748. The largest absolute Gasteiger partial charge is 0.486 e.